The second-order valence-electron chi connectivity index (χ2n) is 3.49. The molecule has 0 aliphatic heterocycles. The highest BCUT2D eigenvalue weighted by atomic mass is 16.1. The number of carbonyl (C=O) groups excluding carboxylic acids is 1. The number of anilines is 1. The van der Waals surface area contributed by atoms with Gasteiger partial charge in [0.05, 0.1) is 11.4 Å². The monoisotopic (exact) mass is 234 g/mol. The van der Waals surface area contributed by atoms with E-state index >= 15 is 0 Å². The Hall–Kier alpha value is -2.30. The molecule has 1 N–H and O–H groups in total. The molecular weight excluding hydrogens is 218 g/mol. The first-order valence-electron chi connectivity index (χ1n) is 6.48. The topological polar surface area (TPSA) is 56.0 Å². The van der Waals surface area contributed by atoms with E-state index in [-0.39, 0.29) is 11.4 Å². The Bertz CT molecular complexity index is 686. The van der Waals surface area contributed by atoms with Crippen LogP contribution >= 0.6 is 0 Å². The van der Waals surface area contributed by atoms with Gasteiger partial charge in [-0.05, 0) is 19.1 Å². The molecule has 1 aromatic heterocycles. The Balaban J connectivity index is 2.82. The average molecular weight is 234 g/mol. The molecule has 0 aliphatic carbocycles. The SMILES string of the molecule is [2H]C([2H])([2H])n1c(C)c(NC=O)c(=O)n1-c1ccccc1. The Morgan fingerprint density at radius 1 is 1.35 bits per heavy atom. The third kappa shape index (κ3) is 1.75. The minimum absolute atomic E-state index is 0.0417. The van der Waals surface area contributed by atoms with Crippen molar-refractivity contribution in [3.8, 4) is 5.69 Å². The maximum absolute atomic E-state index is 12.3. The van der Waals surface area contributed by atoms with Gasteiger partial charge in [-0.15, -0.1) is 0 Å². The zero-order chi connectivity index (χ0) is 14.9. The van der Waals surface area contributed by atoms with Crippen LogP contribution in [0.15, 0.2) is 35.1 Å². The summed E-state index contributed by atoms with van der Waals surface area (Å²) >= 11 is 0. The molecule has 17 heavy (non-hydrogen) atoms. The van der Waals surface area contributed by atoms with Gasteiger partial charge in [-0.2, -0.15) is 0 Å². The lowest BCUT2D eigenvalue weighted by Crippen LogP contribution is -2.20. The van der Waals surface area contributed by atoms with Gasteiger partial charge >= 0.3 is 0 Å². The van der Waals surface area contributed by atoms with Gasteiger partial charge in [-0.3, -0.25) is 14.3 Å². The van der Waals surface area contributed by atoms with Crippen molar-refractivity contribution in [2.45, 2.75) is 6.92 Å². The van der Waals surface area contributed by atoms with Crippen molar-refractivity contribution in [1.29, 1.82) is 0 Å². The molecule has 0 spiro atoms. The quantitative estimate of drug-likeness (QED) is 0.807. The number of nitrogens with one attached hydrogen (secondary N) is 1. The van der Waals surface area contributed by atoms with Gasteiger partial charge < -0.3 is 5.32 Å². The molecule has 0 saturated carbocycles. The van der Waals surface area contributed by atoms with Crippen molar-refractivity contribution in [3.63, 3.8) is 0 Å². The Labute approximate surface area is 102 Å². The number of rotatable bonds is 3. The third-order valence-electron chi connectivity index (χ3n) is 2.49. The van der Waals surface area contributed by atoms with E-state index in [0.29, 0.717) is 12.1 Å². The summed E-state index contributed by atoms with van der Waals surface area (Å²) < 4.78 is 24.6. The van der Waals surface area contributed by atoms with E-state index in [9.17, 15) is 9.59 Å². The summed E-state index contributed by atoms with van der Waals surface area (Å²) in [6.45, 7) is -1.07. The lowest BCUT2D eigenvalue weighted by atomic mass is 10.3. The molecule has 2 aromatic rings. The Morgan fingerprint density at radius 2 is 2.06 bits per heavy atom. The Morgan fingerprint density at radius 3 is 2.65 bits per heavy atom. The van der Waals surface area contributed by atoms with Crippen LogP contribution in [0.25, 0.3) is 5.69 Å². The predicted molar refractivity (Wildman–Crippen MR) is 65.4 cm³/mol. The van der Waals surface area contributed by atoms with Crippen molar-refractivity contribution in [3.05, 3.63) is 46.4 Å². The summed E-state index contributed by atoms with van der Waals surface area (Å²) in [6.07, 6.45) is 0.350. The maximum atomic E-state index is 12.3. The van der Waals surface area contributed by atoms with Crippen LogP contribution in [-0.2, 0) is 11.8 Å². The highest BCUT2D eigenvalue weighted by Gasteiger charge is 2.14. The van der Waals surface area contributed by atoms with Crippen LogP contribution in [0.5, 0.6) is 0 Å². The summed E-state index contributed by atoms with van der Waals surface area (Å²) in [4.78, 5) is 22.9. The number of hydrogen-bond donors (Lipinski definition) is 1. The predicted octanol–water partition coefficient (Wildman–Crippen LogP) is 1.05. The first-order chi connectivity index (χ1) is 9.38. The number of benzene rings is 1. The molecule has 1 aromatic carbocycles. The number of carbonyl (C=O) groups is 1. The first kappa shape index (κ1) is 7.89. The van der Waals surface area contributed by atoms with Crippen molar-refractivity contribution in [2.75, 3.05) is 5.32 Å². The van der Waals surface area contributed by atoms with E-state index in [2.05, 4.69) is 5.32 Å². The van der Waals surface area contributed by atoms with Crippen LogP contribution in [-0.4, -0.2) is 15.8 Å². The number of para-hydroxylation sites is 1. The molecule has 5 nitrogen and oxygen atoms in total. The van der Waals surface area contributed by atoms with E-state index in [1.165, 1.54) is 6.92 Å². The van der Waals surface area contributed by atoms with Gasteiger partial charge in [0, 0.05) is 11.1 Å². The molecule has 0 saturated heterocycles. The van der Waals surface area contributed by atoms with Crippen LogP contribution in [0.2, 0.25) is 0 Å². The van der Waals surface area contributed by atoms with Gasteiger partial charge in [0.25, 0.3) is 5.56 Å². The fourth-order valence-corrected chi connectivity index (χ4v) is 1.63. The maximum Gasteiger partial charge on any atom is 0.295 e. The van der Waals surface area contributed by atoms with Gasteiger partial charge in [0.2, 0.25) is 6.41 Å². The molecule has 0 atom stereocenters. The van der Waals surface area contributed by atoms with Crippen LogP contribution in [0.1, 0.15) is 9.81 Å². The Kier molecular flexibility index (Phi) is 1.99. The largest absolute Gasteiger partial charge is 0.323 e. The van der Waals surface area contributed by atoms with Gasteiger partial charge in [-0.25, -0.2) is 4.68 Å². The normalized spacial score (nSPS) is 13.6. The summed E-state index contributed by atoms with van der Waals surface area (Å²) in [7, 11) is 0. The van der Waals surface area contributed by atoms with Crippen LogP contribution < -0.4 is 10.9 Å². The molecule has 1 amide bonds. The van der Waals surface area contributed by atoms with Gasteiger partial charge in [0.15, 0.2) is 0 Å². The number of aromatic nitrogens is 2. The summed E-state index contributed by atoms with van der Waals surface area (Å²) in [6, 6.07) is 8.39. The van der Waals surface area contributed by atoms with Crippen molar-refractivity contribution < 1.29 is 8.91 Å². The van der Waals surface area contributed by atoms with Crippen molar-refractivity contribution in [2.24, 2.45) is 6.98 Å². The molecule has 0 bridgehead atoms. The summed E-state index contributed by atoms with van der Waals surface area (Å²) in [5.74, 6) is 0. The molecule has 0 radical (unpaired) electrons. The second-order valence-corrected chi connectivity index (χ2v) is 3.49. The molecule has 5 heteroatoms. The molecule has 0 aliphatic rings. The second kappa shape index (κ2) is 4.29. The number of amides is 1. The fourth-order valence-electron chi connectivity index (χ4n) is 1.63. The van der Waals surface area contributed by atoms with Crippen LogP contribution in [0, 0.1) is 6.92 Å². The molecule has 2 rings (SSSR count). The third-order valence-corrected chi connectivity index (χ3v) is 2.49. The summed E-state index contributed by atoms with van der Waals surface area (Å²) in [5, 5.41) is 2.26. The molecule has 88 valence electrons. The van der Waals surface area contributed by atoms with E-state index in [1.54, 1.807) is 30.3 Å². The minimum Gasteiger partial charge on any atom is -0.323 e. The van der Waals surface area contributed by atoms with Gasteiger partial charge in [0.1, 0.15) is 5.69 Å². The molecule has 1 heterocycles. The van der Waals surface area contributed by atoms with E-state index in [4.69, 9.17) is 4.11 Å². The van der Waals surface area contributed by atoms with Crippen molar-refractivity contribution >= 4 is 12.1 Å². The zero-order valence-corrected chi connectivity index (χ0v) is 9.18. The van der Waals surface area contributed by atoms with Crippen molar-refractivity contribution in [1.82, 2.24) is 9.36 Å². The smallest absolute Gasteiger partial charge is 0.295 e. The number of hydrogen-bond acceptors (Lipinski definition) is 2. The zero-order valence-electron chi connectivity index (χ0n) is 12.2. The molecule has 0 unspecified atom stereocenters. The van der Waals surface area contributed by atoms with Crippen LogP contribution in [0.3, 0.4) is 0 Å². The summed E-state index contributed by atoms with van der Waals surface area (Å²) in [5.41, 5.74) is -0.0430. The van der Waals surface area contributed by atoms with E-state index < -0.39 is 12.5 Å². The van der Waals surface area contributed by atoms with Gasteiger partial charge in [-0.1, -0.05) is 18.2 Å². The van der Waals surface area contributed by atoms with E-state index in [0.717, 1.165) is 9.36 Å². The number of nitrogens with zero attached hydrogens (tertiary/aromatic N) is 2. The molecular formula is C12H13N3O2. The average Bonchev–Trinajstić information content (AvgIpc) is 2.64. The molecule has 0 fully saturated rings. The van der Waals surface area contributed by atoms with E-state index in [1.807, 2.05) is 0 Å². The minimum atomic E-state index is -2.54. The lowest BCUT2D eigenvalue weighted by Gasteiger charge is -2.07. The fraction of sp³-hybridized carbons (Fsp3) is 0.167. The highest BCUT2D eigenvalue weighted by Crippen LogP contribution is 2.12. The van der Waals surface area contributed by atoms with Crippen LogP contribution in [0.4, 0.5) is 5.69 Å². The lowest BCUT2D eigenvalue weighted by molar-refractivity contribution is -0.105. The standard InChI is InChI=1S/C12H13N3O2/c1-9-11(13-8-16)12(17)15(14(9)2)10-6-4-3-5-7-10/h3-8H,1-2H3,(H,13,16)/i2D3. The first-order valence-corrected chi connectivity index (χ1v) is 4.98. The highest BCUT2D eigenvalue weighted by molar-refractivity contribution is 5.72.